The van der Waals surface area contributed by atoms with E-state index in [0.29, 0.717) is 53.4 Å². The molecule has 0 aromatic heterocycles. The van der Waals surface area contributed by atoms with Gasteiger partial charge in [-0.2, -0.15) is 13.2 Å². The van der Waals surface area contributed by atoms with Crippen LogP contribution in [0.3, 0.4) is 0 Å². The molecule has 0 aliphatic rings. The summed E-state index contributed by atoms with van der Waals surface area (Å²) in [6, 6.07) is 21.3. The van der Waals surface area contributed by atoms with Gasteiger partial charge < -0.3 is 19.9 Å². The molecule has 0 aliphatic heterocycles. The lowest BCUT2D eigenvalue weighted by molar-refractivity contribution is -0.192. The zero-order valence-corrected chi connectivity index (χ0v) is 25.7. The number of carboxylic acid groups (broad SMARTS) is 1. The Morgan fingerprint density at radius 2 is 1.48 bits per heavy atom. The molecule has 0 saturated heterocycles. The van der Waals surface area contributed by atoms with Crippen molar-refractivity contribution in [2.45, 2.75) is 59.3 Å². The predicted octanol–water partition coefficient (Wildman–Crippen LogP) is 7.34. The van der Waals surface area contributed by atoms with Crippen LogP contribution in [0, 0.1) is 0 Å². The van der Waals surface area contributed by atoms with E-state index in [2.05, 4.69) is 37.9 Å². The van der Waals surface area contributed by atoms with Crippen molar-refractivity contribution in [2.75, 3.05) is 25.6 Å². The predicted molar refractivity (Wildman–Crippen MR) is 164 cm³/mol. The number of halogens is 3. The van der Waals surface area contributed by atoms with Crippen molar-refractivity contribution in [3.63, 3.8) is 0 Å². The number of benzene rings is 3. The third-order valence-electron chi connectivity index (χ3n) is 6.59. The van der Waals surface area contributed by atoms with Gasteiger partial charge in [0, 0.05) is 42.4 Å². The average Bonchev–Trinajstić information content (AvgIpc) is 2.98. The maximum absolute atomic E-state index is 13.3. The van der Waals surface area contributed by atoms with Crippen LogP contribution in [0.2, 0.25) is 0 Å². The molecule has 0 aliphatic carbocycles. The molecule has 238 valence electrons. The largest absolute Gasteiger partial charge is 0.493 e. The number of hydrogen-bond donors (Lipinski definition) is 2. The Bertz CT molecular complexity index is 1400. The number of carboxylic acids is 1. The molecule has 0 saturated carbocycles. The van der Waals surface area contributed by atoms with Gasteiger partial charge in [-0.1, -0.05) is 43.3 Å². The zero-order valence-electron chi connectivity index (χ0n) is 25.7. The highest BCUT2D eigenvalue weighted by Crippen LogP contribution is 2.31. The van der Waals surface area contributed by atoms with Crippen molar-refractivity contribution in [3.05, 3.63) is 77.9 Å². The molecule has 0 radical (unpaired) electrons. The number of nitrogens with one attached hydrogen (secondary N) is 1. The van der Waals surface area contributed by atoms with Crippen LogP contribution in [0.5, 0.6) is 11.5 Å². The van der Waals surface area contributed by atoms with Crippen LogP contribution >= 0.6 is 0 Å². The monoisotopic (exact) mass is 616 g/mol. The molecule has 11 heteroatoms. The van der Waals surface area contributed by atoms with Gasteiger partial charge in [-0.3, -0.25) is 14.5 Å². The van der Waals surface area contributed by atoms with E-state index in [1.54, 1.807) is 44.4 Å². The molecule has 2 N–H and O–H groups in total. The van der Waals surface area contributed by atoms with Gasteiger partial charge in [0.25, 0.3) is 5.91 Å². The van der Waals surface area contributed by atoms with E-state index >= 15 is 0 Å². The summed E-state index contributed by atoms with van der Waals surface area (Å²) in [6.45, 7) is 11.7. The second-order valence-electron chi connectivity index (χ2n) is 10.3. The second kappa shape index (κ2) is 16.5. The lowest BCUT2D eigenvalue weighted by Gasteiger charge is -2.30. The Balaban J connectivity index is 0.000000860. The number of anilines is 1. The number of rotatable bonds is 12. The summed E-state index contributed by atoms with van der Waals surface area (Å²) >= 11 is 0. The minimum absolute atomic E-state index is 0.0819. The van der Waals surface area contributed by atoms with Crippen molar-refractivity contribution in [1.82, 2.24) is 4.90 Å². The lowest BCUT2D eigenvalue weighted by atomic mass is 9.95. The highest BCUT2D eigenvalue weighted by atomic mass is 19.4. The molecule has 0 heterocycles. The van der Waals surface area contributed by atoms with Crippen LogP contribution in [0.4, 0.5) is 18.9 Å². The smallest absolute Gasteiger partial charge is 0.490 e. The third kappa shape index (κ3) is 10.4. The number of amides is 1. The summed E-state index contributed by atoms with van der Waals surface area (Å²) < 4.78 is 43.3. The van der Waals surface area contributed by atoms with Gasteiger partial charge in [-0.05, 0) is 63.1 Å². The fraction of sp³-hybridized carbons (Fsp3) is 0.364. The van der Waals surface area contributed by atoms with Crippen LogP contribution in [0.1, 0.15) is 61.8 Å². The molecule has 3 aromatic carbocycles. The molecule has 0 atom stereocenters. The van der Waals surface area contributed by atoms with Crippen LogP contribution < -0.4 is 14.8 Å². The Morgan fingerprint density at radius 1 is 0.864 bits per heavy atom. The van der Waals surface area contributed by atoms with Gasteiger partial charge in [0.1, 0.15) is 6.61 Å². The highest BCUT2D eigenvalue weighted by molar-refractivity contribution is 6.13. The standard InChI is InChI=1S/C31H38N2O4.C2HF3O2/c1-7-28(34)27-19-24(23-11-9-8-10-12-23)13-15-26(27)31(35)32-25-14-16-29(36-6)30(20-25)37-18-17-33(21(2)3)22(4)5;3-2(4,5)1(6)7/h8-16,19-22H,7,17-18H2,1-6H3,(H,32,35);(H,6,7). The molecular formula is C33H39F3N2O6. The van der Waals surface area contributed by atoms with Crippen molar-refractivity contribution in [3.8, 4) is 22.6 Å². The van der Waals surface area contributed by atoms with Gasteiger partial charge in [0.2, 0.25) is 0 Å². The topological polar surface area (TPSA) is 105 Å². The van der Waals surface area contributed by atoms with Gasteiger partial charge in [-0.15, -0.1) is 0 Å². The first-order chi connectivity index (χ1) is 20.7. The molecule has 3 aromatic rings. The minimum Gasteiger partial charge on any atom is -0.493 e. The number of ketones is 1. The molecule has 0 spiro atoms. The first kappa shape index (κ1) is 35.8. The number of aliphatic carboxylic acids is 1. The number of Topliss-reactive ketones (excluding diaryl/α,β-unsaturated/α-hetero) is 1. The Kier molecular flexibility index (Phi) is 13.4. The number of methoxy groups -OCH3 is 1. The van der Waals surface area contributed by atoms with Crippen molar-refractivity contribution >= 4 is 23.3 Å². The van der Waals surface area contributed by atoms with Gasteiger partial charge >= 0.3 is 12.1 Å². The lowest BCUT2D eigenvalue weighted by Crippen LogP contribution is -2.39. The number of hydrogen-bond acceptors (Lipinski definition) is 6. The van der Waals surface area contributed by atoms with Crippen molar-refractivity contribution in [2.24, 2.45) is 0 Å². The average molecular weight is 617 g/mol. The minimum atomic E-state index is -5.08. The van der Waals surface area contributed by atoms with Gasteiger partial charge in [0.15, 0.2) is 17.3 Å². The summed E-state index contributed by atoms with van der Waals surface area (Å²) in [5.41, 5.74) is 3.20. The van der Waals surface area contributed by atoms with Crippen molar-refractivity contribution in [1.29, 1.82) is 0 Å². The van der Waals surface area contributed by atoms with E-state index in [-0.39, 0.29) is 11.7 Å². The van der Waals surface area contributed by atoms with Crippen LogP contribution in [0.15, 0.2) is 66.7 Å². The van der Waals surface area contributed by atoms with Gasteiger partial charge in [-0.25, -0.2) is 4.79 Å². The number of alkyl halides is 3. The maximum Gasteiger partial charge on any atom is 0.490 e. The Labute approximate surface area is 255 Å². The number of carbonyl (C=O) groups is 3. The molecular weight excluding hydrogens is 577 g/mol. The summed E-state index contributed by atoms with van der Waals surface area (Å²) in [5, 5.41) is 10.1. The molecule has 3 rings (SSSR count). The second-order valence-corrected chi connectivity index (χ2v) is 10.3. The molecule has 8 nitrogen and oxygen atoms in total. The number of ether oxygens (including phenoxy) is 2. The third-order valence-corrected chi connectivity index (χ3v) is 6.59. The van der Waals surface area contributed by atoms with E-state index < -0.39 is 12.1 Å². The molecule has 0 unspecified atom stereocenters. The fourth-order valence-electron chi connectivity index (χ4n) is 4.41. The fourth-order valence-corrected chi connectivity index (χ4v) is 4.41. The van der Waals surface area contributed by atoms with Crippen LogP contribution in [-0.4, -0.2) is 66.2 Å². The molecule has 1 amide bonds. The maximum atomic E-state index is 13.3. The highest BCUT2D eigenvalue weighted by Gasteiger charge is 2.38. The molecule has 0 fully saturated rings. The first-order valence-corrected chi connectivity index (χ1v) is 14.1. The molecule has 0 bridgehead atoms. The number of nitrogens with zero attached hydrogens (tertiary/aromatic N) is 1. The van der Waals surface area contributed by atoms with E-state index in [9.17, 15) is 22.8 Å². The van der Waals surface area contributed by atoms with E-state index in [0.717, 1.165) is 17.7 Å². The number of carbonyl (C=O) groups excluding carboxylic acids is 2. The van der Waals surface area contributed by atoms with E-state index in [4.69, 9.17) is 19.4 Å². The normalized spacial score (nSPS) is 11.2. The summed E-state index contributed by atoms with van der Waals surface area (Å²) in [6.07, 6.45) is -4.77. The zero-order chi connectivity index (χ0) is 33.0. The SMILES string of the molecule is CCC(=O)c1cc(-c2ccccc2)ccc1C(=O)Nc1ccc(OC)c(OCCN(C(C)C)C(C)C)c1.O=C(O)C(F)(F)F. The quantitative estimate of drug-likeness (QED) is 0.205. The Morgan fingerprint density at radius 3 is 2.00 bits per heavy atom. The Hall–Kier alpha value is -4.38. The van der Waals surface area contributed by atoms with E-state index in [1.807, 2.05) is 36.4 Å². The van der Waals surface area contributed by atoms with Crippen molar-refractivity contribution < 1.29 is 42.1 Å². The summed E-state index contributed by atoms with van der Waals surface area (Å²) in [5.74, 6) is -2.04. The molecule has 44 heavy (non-hydrogen) atoms. The van der Waals surface area contributed by atoms with E-state index in [1.165, 1.54) is 0 Å². The van der Waals surface area contributed by atoms with Crippen LogP contribution in [-0.2, 0) is 4.79 Å². The summed E-state index contributed by atoms with van der Waals surface area (Å²) in [7, 11) is 1.59. The van der Waals surface area contributed by atoms with Crippen LogP contribution in [0.25, 0.3) is 11.1 Å². The van der Waals surface area contributed by atoms with Gasteiger partial charge in [0.05, 0.1) is 12.7 Å². The first-order valence-electron chi connectivity index (χ1n) is 14.1. The summed E-state index contributed by atoms with van der Waals surface area (Å²) in [4.78, 5) is 37.3.